The summed E-state index contributed by atoms with van der Waals surface area (Å²) < 4.78 is 6.47. The number of hydrogen-bond donors (Lipinski definition) is 0. The molecule has 0 bridgehead atoms. The molecule has 1 atom stereocenters. The zero-order valence-electron chi connectivity index (χ0n) is 25.4. The van der Waals surface area contributed by atoms with E-state index in [2.05, 4.69) is 166 Å². The summed E-state index contributed by atoms with van der Waals surface area (Å²) in [6, 6.07) is 57.8. The molecule has 7 aromatic carbocycles. The molecular formula is C44H32O. The molecule has 0 fully saturated rings. The molecule has 0 saturated carbocycles. The Hall–Kier alpha value is -5.40. The van der Waals surface area contributed by atoms with Crippen LogP contribution in [0.15, 0.2) is 158 Å². The van der Waals surface area contributed by atoms with Gasteiger partial charge in [0.15, 0.2) is 0 Å². The zero-order valence-corrected chi connectivity index (χ0v) is 25.4. The van der Waals surface area contributed by atoms with Crippen molar-refractivity contribution in [2.45, 2.75) is 24.7 Å². The minimum atomic E-state index is -0.428. The predicted molar refractivity (Wildman–Crippen MR) is 185 cm³/mol. The highest BCUT2D eigenvalue weighted by Gasteiger charge is 2.46. The lowest BCUT2D eigenvalue weighted by Gasteiger charge is -2.35. The quantitative estimate of drug-likeness (QED) is 0.203. The Morgan fingerprint density at radius 3 is 1.91 bits per heavy atom. The van der Waals surface area contributed by atoms with Crippen LogP contribution in [0.2, 0.25) is 0 Å². The van der Waals surface area contributed by atoms with E-state index in [1.807, 2.05) is 6.07 Å². The Morgan fingerprint density at radius 1 is 0.444 bits per heavy atom. The predicted octanol–water partition coefficient (Wildman–Crippen LogP) is 11.3. The molecule has 0 radical (unpaired) electrons. The fraction of sp³-hybridized carbons (Fsp3) is 0.0909. The minimum absolute atomic E-state index is 0.123. The summed E-state index contributed by atoms with van der Waals surface area (Å²) in [6.45, 7) is 4.57. The maximum absolute atomic E-state index is 6.47. The second-order valence-electron chi connectivity index (χ2n) is 12.9. The minimum Gasteiger partial charge on any atom is -0.457 e. The Labute approximate surface area is 264 Å². The van der Waals surface area contributed by atoms with E-state index in [1.54, 1.807) is 0 Å². The summed E-state index contributed by atoms with van der Waals surface area (Å²) >= 11 is 0. The first kappa shape index (κ1) is 26.0. The Morgan fingerprint density at radius 2 is 1.07 bits per heavy atom. The second kappa shape index (κ2) is 9.55. The van der Waals surface area contributed by atoms with Crippen molar-refractivity contribution in [3.63, 3.8) is 0 Å². The summed E-state index contributed by atoms with van der Waals surface area (Å²) in [5.74, 6) is 1.88. The lowest BCUT2D eigenvalue weighted by atomic mass is 9.67. The van der Waals surface area contributed by atoms with Gasteiger partial charge in [-0.05, 0) is 67.4 Å². The molecule has 0 N–H and O–H groups in total. The van der Waals surface area contributed by atoms with Crippen molar-refractivity contribution in [1.29, 1.82) is 0 Å². The van der Waals surface area contributed by atoms with Gasteiger partial charge in [-0.3, -0.25) is 0 Å². The summed E-state index contributed by atoms with van der Waals surface area (Å²) in [5, 5.41) is 2.57. The van der Waals surface area contributed by atoms with E-state index in [9.17, 15) is 0 Å². The van der Waals surface area contributed by atoms with Gasteiger partial charge >= 0.3 is 0 Å². The van der Waals surface area contributed by atoms with Crippen molar-refractivity contribution in [2.75, 3.05) is 0 Å². The third kappa shape index (κ3) is 3.61. The molecule has 45 heavy (non-hydrogen) atoms. The molecule has 1 aliphatic heterocycles. The van der Waals surface area contributed by atoms with Gasteiger partial charge in [-0.25, -0.2) is 0 Å². The first-order valence-corrected chi connectivity index (χ1v) is 15.8. The highest BCUT2D eigenvalue weighted by atomic mass is 16.5. The van der Waals surface area contributed by atoms with Crippen LogP contribution in [0.1, 0.15) is 47.2 Å². The van der Waals surface area contributed by atoms with Crippen molar-refractivity contribution in [3.05, 3.63) is 191 Å². The van der Waals surface area contributed by atoms with Crippen LogP contribution in [0.4, 0.5) is 0 Å². The molecule has 0 amide bonds. The smallest absolute Gasteiger partial charge is 0.132 e. The summed E-state index contributed by atoms with van der Waals surface area (Å²) in [7, 11) is 0. The third-order valence-electron chi connectivity index (χ3n) is 10.2. The number of rotatable bonds is 3. The van der Waals surface area contributed by atoms with E-state index in [1.165, 1.54) is 60.8 Å². The van der Waals surface area contributed by atoms with Crippen LogP contribution in [-0.2, 0) is 10.8 Å². The second-order valence-corrected chi connectivity index (χ2v) is 12.9. The monoisotopic (exact) mass is 576 g/mol. The molecule has 0 saturated heterocycles. The van der Waals surface area contributed by atoms with Crippen LogP contribution in [0, 0.1) is 0 Å². The van der Waals surface area contributed by atoms with Crippen molar-refractivity contribution in [2.24, 2.45) is 0 Å². The molecular weight excluding hydrogens is 544 g/mol. The van der Waals surface area contributed by atoms with E-state index in [-0.39, 0.29) is 5.41 Å². The SMILES string of the molecule is CC1(C)c2ccccc2Oc2cc(-c3ccc(C4(c5ccccc5)c5ccccc5-c5c4ccc4ccccc54)cc3)ccc21. The van der Waals surface area contributed by atoms with Gasteiger partial charge in [0, 0.05) is 16.5 Å². The molecule has 1 heterocycles. The van der Waals surface area contributed by atoms with Crippen LogP contribution < -0.4 is 4.74 Å². The molecule has 1 unspecified atom stereocenters. The Balaban J connectivity index is 1.22. The number of fused-ring (bicyclic) bond motifs is 7. The van der Waals surface area contributed by atoms with Gasteiger partial charge in [0.2, 0.25) is 0 Å². The molecule has 1 nitrogen and oxygen atoms in total. The third-order valence-corrected chi connectivity index (χ3v) is 10.2. The number of benzene rings is 7. The van der Waals surface area contributed by atoms with Crippen LogP contribution in [0.3, 0.4) is 0 Å². The van der Waals surface area contributed by atoms with Crippen LogP contribution in [0.25, 0.3) is 33.0 Å². The summed E-state index contributed by atoms with van der Waals surface area (Å²) in [4.78, 5) is 0. The van der Waals surface area contributed by atoms with Crippen LogP contribution in [0.5, 0.6) is 11.5 Å². The lowest BCUT2D eigenvalue weighted by molar-refractivity contribution is 0.418. The average Bonchev–Trinajstić information content (AvgIpc) is 3.40. The maximum Gasteiger partial charge on any atom is 0.132 e. The van der Waals surface area contributed by atoms with E-state index < -0.39 is 5.41 Å². The summed E-state index contributed by atoms with van der Waals surface area (Å²) in [5.41, 5.74) is 12.1. The van der Waals surface area contributed by atoms with Crippen molar-refractivity contribution in [1.82, 2.24) is 0 Å². The van der Waals surface area contributed by atoms with Gasteiger partial charge in [-0.15, -0.1) is 0 Å². The summed E-state index contributed by atoms with van der Waals surface area (Å²) in [6.07, 6.45) is 0. The fourth-order valence-corrected chi connectivity index (χ4v) is 8.08. The molecule has 2 aliphatic rings. The molecule has 7 aromatic rings. The Bertz CT molecular complexity index is 2260. The van der Waals surface area contributed by atoms with E-state index in [4.69, 9.17) is 4.74 Å². The molecule has 9 rings (SSSR count). The topological polar surface area (TPSA) is 9.23 Å². The van der Waals surface area contributed by atoms with Gasteiger partial charge in [0.25, 0.3) is 0 Å². The first-order chi connectivity index (χ1) is 22.1. The fourth-order valence-electron chi connectivity index (χ4n) is 8.08. The average molecular weight is 577 g/mol. The highest BCUT2D eigenvalue weighted by molar-refractivity contribution is 6.04. The van der Waals surface area contributed by atoms with E-state index >= 15 is 0 Å². The lowest BCUT2D eigenvalue weighted by Crippen LogP contribution is -2.28. The zero-order chi connectivity index (χ0) is 30.2. The normalized spacial score (nSPS) is 17.1. The van der Waals surface area contributed by atoms with Crippen molar-refractivity contribution in [3.8, 4) is 33.8 Å². The van der Waals surface area contributed by atoms with Crippen LogP contribution >= 0.6 is 0 Å². The molecule has 214 valence electrons. The molecule has 1 heteroatoms. The van der Waals surface area contributed by atoms with E-state index in [0.29, 0.717) is 0 Å². The standard InChI is InChI=1S/C44H32O/c1-43(2)37-18-10-11-19-40(37)45-41-28-31(23-26-38(41)43)29-20-24-33(25-21-29)44(32-13-4-3-5-14-32)36-17-9-8-16-35(36)42-34-15-7-6-12-30(34)22-27-39(42)44/h3-28H,1-2H3. The number of para-hydroxylation sites is 1. The molecule has 0 aromatic heterocycles. The van der Waals surface area contributed by atoms with Gasteiger partial charge in [0.1, 0.15) is 11.5 Å². The van der Waals surface area contributed by atoms with Crippen molar-refractivity contribution >= 4 is 10.8 Å². The van der Waals surface area contributed by atoms with Crippen LogP contribution in [-0.4, -0.2) is 0 Å². The van der Waals surface area contributed by atoms with E-state index in [0.717, 1.165) is 17.1 Å². The highest BCUT2D eigenvalue weighted by Crippen LogP contribution is 2.58. The first-order valence-electron chi connectivity index (χ1n) is 15.8. The van der Waals surface area contributed by atoms with Gasteiger partial charge in [-0.1, -0.05) is 159 Å². The maximum atomic E-state index is 6.47. The van der Waals surface area contributed by atoms with Crippen molar-refractivity contribution < 1.29 is 4.74 Å². The largest absolute Gasteiger partial charge is 0.457 e. The molecule has 1 aliphatic carbocycles. The molecule has 0 spiro atoms. The van der Waals surface area contributed by atoms with Gasteiger partial charge in [-0.2, -0.15) is 0 Å². The number of hydrogen-bond acceptors (Lipinski definition) is 1. The van der Waals surface area contributed by atoms with Gasteiger partial charge < -0.3 is 4.74 Å². The van der Waals surface area contributed by atoms with Gasteiger partial charge in [0.05, 0.1) is 5.41 Å². The Kier molecular flexibility index (Phi) is 5.53. The number of ether oxygens (including phenoxy) is 1.